The Morgan fingerprint density at radius 3 is 1.87 bits per heavy atom. The highest BCUT2D eigenvalue weighted by Crippen LogP contribution is 2.36. The van der Waals surface area contributed by atoms with E-state index in [2.05, 4.69) is 41.3 Å². The minimum absolute atomic E-state index is 0.253. The first-order valence-electron chi connectivity index (χ1n) is 7.89. The van der Waals surface area contributed by atoms with Gasteiger partial charge in [0.2, 0.25) is 0 Å². The number of anilines is 3. The first-order valence-corrected chi connectivity index (χ1v) is 7.89. The van der Waals surface area contributed by atoms with E-state index in [-0.39, 0.29) is 5.78 Å². The summed E-state index contributed by atoms with van der Waals surface area (Å²) < 4.78 is 0. The second-order valence-electron chi connectivity index (χ2n) is 5.77. The van der Waals surface area contributed by atoms with Crippen LogP contribution in [0.2, 0.25) is 0 Å². The molecule has 0 saturated carbocycles. The number of carbonyl (C=O) groups is 1. The summed E-state index contributed by atoms with van der Waals surface area (Å²) in [5.74, 6) is 0.253. The van der Waals surface area contributed by atoms with Gasteiger partial charge in [0.15, 0.2) is 5.78 Å². The van der Waals surface area contributed by atoms with Gasteiger partial charge in [-0.1, -0.05) is 42.5 Å². The minimum atomic E-state index is 0.253. The van der Waals surface area contributed by atoms with Crippen LogP contribution < -0.4 is 4.90 Å². The van der Waals surface area contributed by atoms with E-state index in [0.29, 0.717) is 6.42 Å². The maximum atomic E-state index is 12.1. The van der Waals surface area contributed by atoms with E-state index >= 15 is 0 Å². The predicted octanol–water partition coefficient (Wildman–Crippen LogP) is 5.29. The third kappa shape index (κ3) is 2.53. The van der Waals surface area contributed by atoms with Gasteiger partial charge < -0.3 is 4.90 Å². The topological polar surface area (TPSA) is 20.3 Å². The fourth-order valence-corrected chi connectivity index (χ4v) is 3.17. The molecule has 0 fully saturated rings. The highest BCUT2D eigenvalue weighted by atomic mass is 16.1. The Hall–Kier alpha value is -2.87. The highest BCUT2D eigenvalue weighted by Gasteiger charge is 2.21. The lowest BCUT2D eigenvalue weighted by molar-refractivity contribution is 0.0994. The van der Waals surface area contributed by atoms with E-state index in [1.54, 1.807) is 0 Å². The summed E-state index contributed by atoms with van der Waals surface area (Å²) in [4.78, 5) is 14.3. The Labute approximate surface area is 136 Å². The van der Waals surface area contributed by atoms with Crippen molar-refractivity contribution in [2.45, 2.75) is 12.8 Å². The molecule has 112 valence electrons. The zero-order valence-electron chi connectivity index (χ0n) is 12.8. The molecule has 0 spiro atoms. The van der Waals surface area contributed by atoms with Crippen molar-refractivity contribution in [1.29, 1.82) is 0 Å². The van der Waals surface area contributed by atoms with E-state index in [4.69, 9.17) is 0 Å². The Kier molecular flexibility index (Phi) is 3.43. The fourth-order valence-electron chi connectivity index (χ4n) is 3.17. The van der Waals surface area contributed by atoms with Gasteiger partial charge in [0.25, 0.3) is 0 Å². The van der Waals surface area contributed by atoms with Gasteiger partial charge in [-0.15, -0.1) is 0 Å². The predicted molar refractivity (Wildman–Crippen MR) is 93.8 cm³/mol. The number of benzene rings is 3. The lowest BCUT2D eigenvalue weighted by Crippen LogP contribution is -2.10. The van der Waals surface area contributed by atoms with Crippen molar-refractivity contribution in [2.75, 3.05) is 4.90 Å². The van der Waals surface area contributed by atoms with E-state index in [0.717, 1.165) is 29.0 Å². The number of rotatable bonds is 3. The number of Topliss-reactive ketones (excluding diaryl/α,β-unsaturated/α-hetero) is 1. The van der Waals surface area contributed by atoms with Gasteiger partial charge in [0.05, 0.1) is 0 Å². The Morgan fingerprint density at radius 2 is 1.26 bits per heavy atom. The molecule has 0 heterocycles. The van der Waals surface area contributed by atoms with Crippen molar-refractivity contribution in [3.05, 3.63) is 90.0 Å². The van der Waals surface area contributed by atoms with Crippen LogP contribution in [0.5, 0.6) is 0 Å². The van der Waals surface area contributed by atoms with Crippen LogP contribution >= 0.6 is 0 Å². The smallest absolute Gasteiger partial charge is 0.163 e. The largest absolute Gasteiger partial charge is 0.310 e. The number of carbonyl (C=O) groups excluding carboxylic acids is 1. The molecule has 4 rings (SSSR count). The average molecular weight is 299 g/mol. The van der Waals surface area contributed by atoms with Gasteiger partial charge >= 0.3 is 0 Å². The van der Waals surface area contributed by atoms with Crippen LogP contribution in [0.3, 0.4) is 0 Å². The van der Waals surface area contributed by atoms with E-state index < -0.39 is 0 Å². The molecule has 23 heavy (non-hydrogen) atoms. The molecule has 0 unspecified atom stereocenters. The zero-order valence-corrected chi connectivity index (χ0v) is 12.8. The molecular formula is C21H17NO. The van der Waals surface area contributed by atoms with Gasteiger partial charge in [-0.3, -0.25) is 4.79 Å². The summed E-state index contributed by atoms with van der Waals surface area (Å²) in [5, 5.41) is 0. The number of ketones is 1. The molecule has 0 atom stereocenters. The molecule has 0 N–H and O–H groups in total. The summed E-state index contributed by atoms with van der Waals surface area (Å²) in [6, 6.07) is 26.7. The molecule has 2 nitrogen and oxygen atoms in total. The lowest BCUT2D eigenvalue weighted by atomic mass is 10.1. The standard InChI is InChI=1S/C21H17NO/c23-21-14-12-16-11-13-19(15-20(16)21)22(17-7-3-1-4-8-17)18-9-5-2-6-10-18/h1-11,13,15H,12,14H2. The normalized spacial score (nSPS) is 13.0. The van der Waals surface area contributed by atoms with Crippen molar-refractivity contribution < 1.29 is 4.79 Å². The van der Waals surface area contributed by atoms with Crippen molar-refractivity contribution in [1.82, 2.24) is 0 Å². The van der Waals surface area contributed by atoms with Crippen LogP contribution in [0.15, 0.2) is 78.9 Å². The molecule has 0 amide bonds. The van der Waals surface area contributed by atoms with Gasteiger partial charge in [0, 0.05) is 29.0 Å². The number of para-hydroxylation sites is 2. The van der Waals surface area contributed by atoms with Gasteiger partial charge in [0.1, 0.15) is 0 Å². The average Bonchev–Trinajstić information content (AvgIpc) is 2.98. The maximum Gasteiger partial charge on any atom is 0.163 e. The fraction of sp³-hybridized carbons (Fsp3) is 0.0952. The van der Waals surface area contributed by atoms with Crippen molar-refractivity contribution in [3.63, 3.8) is 0 Å². The van der Waals surface area contributed by atoms with Crippen LogP contribution in [0.1, 0.15) is 22.3 Å². The van der Waals surface area contributed by atoms with Crippen LogP contribution in [0.4, 0.5) is 17.1 Å². The summed E-state index contributed by atoms with van der Waals surface area (Å²) in [7, 11) is 0. The zero-order chi connectivity index (χ0) is 15.6. The Balaban J connectivity index is 1.86. The highest BCUT2D eigenvalue weighted by molar-refractivity contribution is 6.01. The maximum absolute atomic E-state index is 12.1. The number of hydrogen-bond donors (Lipinski definition) is 0. The molecule has 3 aromatic carbocycles. The molecule has 0 aliphatic heterocycles. The van der Waals surface area contributed by atoms with E-state index in [1.165, 1.54) is 5.56 Å². The molecule has 0 saturated heterocycles. The minimum Gasteiger partial charge on any atom is -0.310 e. The summed E-state index contributed by atoms with van der Waals surface area (Å²) in [5.41, 5.74) is 5.24. The molecule has 1 aliphatic rings. The summed E-state index contributed by atoms with van der Waals surface area (Å²) >= 11 is 0. The van der Waals surface area contributed by atoms with E-state index in [1.807, 2.05) is 42.5 Å². The molecule has 0 aromatic heterocycles. The molecule has 0 radical (unpaired) electrons. The van der Waals surface area contributed by atoms with Crippen LogP contribution in [-0.4, -0.2) is 5.78 Å². The molecule has 0 bridgehead atoms. The second kappa shape index (κ2) is 5.73. The summed E-state index contributed by atoms with van der Waals surface area (Å²) in [6.07, 6.45) is 1.50. The monoisotopic (exact) mass is 299 g/mol. The van der Waals surface area contributed by atoms with Crippen LogP contribution in [0, 0.1) is 0 Å². The van der Waals surface area contributed by atoms with Gasteiger partial charge in [-0.05, 0) is 48.4 Å². The number of aryl methyl sites for hydroxylation is 1. The Morgan fingerprint density at radius 1 is 0.652 bits per heavy atom. The summed E-state index contributed by atoms with van der Waals surface area (Å²) in [6.45, 7) is 0. The van der Waals surface area contributed by atoms with E-state index in [9.17, 15) is 4.79 Å². The van der Waals surface area contributed by atoms with Gasteiger partial charge in [-0.2, -0.15) is 0 Å². The van der Waals surface area contributed by atoms with Gasteiger partial charge in [-0.25, -0.2) is 0 Å². The quantitative estimate of drug-likeness (QED) is 0.655. The number of fused-ring (bicyclic) bond motifs is 1. The first kappa shape index (κ1) is 13.8. The third-order valence-electron chi connectivity index (χ3n) is 4.30. The van der Waals surface area contributed by atoms with Crippen LogP contribution in [-0.2, 0) is 6.42 Å². The lowest BCUT2D eigenvalue weighted by Gasteiger charge is -2.25. The molecule has 2 heteroatoms. The van der Waals surface area contributed by atoms with Crippen molar-refractivity contribution >= 4 is 22.8 Å². The third-order valence-corrected chi connectivity index (χ3v) is 4.30. The SMILES string of the molecule is O=C1CCc2ccc(N(c3ccccc3)c3ccccc3)cc21. The van der Waals surface area contributed by atoms with Crippen molar-refractivity contribution in [2.24, 2.45) is 0 Å². The molecule has 1 aliphatic carbocycles. The molecular weight excluding hydrogens is 282 g/mol. The second-order valence-corrected chi connectivity index (χ2v) is 5.77. The van der Waals surface area contributed by atoms with Crippen LogP contribution in [0.25, 0.3) is 0 Å². The number of hydrogen-bond acceptors (Lipinski definition) is 2. The Bertz CT molecular complexity index is 801. The number of nitrogens with zero attached hydrogens (tertiary/aromatic N) is 1. The van der Waals surface area contributed by atoms with Crippen molar-refractivity contribution in [3.8, 4) is 0 Å². The first-order chi connectivity index (χ1) is 11.3. The molecule has 3 aromatic rings.